The van der Waals surface area contributed by atoms with Crippen molar-refractivity contribution in [3.63, 3.8) is 0 Å². The average molecular weight is 247 g/mol. The van der Waals surface area contributed by atoms with E-state index in [2.05, 4.69) is 39.0 Å². The zero-order valence-corrected chi connectivity index (χ0v) is 11.8. The maximum Gasteiger partial charge on any atom is 0.0551 e. The number of benzene rings is 1. The fraction of sp³-hybridized carbons (Fsp3) is 0.625. The molecule has 100 valence electrons. The summed E-state index contributed by atoms with van der Waals surface area (Å²) in [7, 11) is 0. The van der Waals surface area contributed by atoms with Crippen molar-refractivity contribution >= 4 is 0 Å². The van der Waals surface area contributed by atoms with Crippen molar-refractivity contribution in [2.75, 3.05) is 6.61 Å². The first kappa shape index (κ1) is 13.6. The molecule has 1 saturated heterocycles. The molecule has 1 aliphatic heterocycles. The molecule has 0 saturated carbocycles. The van der Waals surface area contributed by atoms with Crippen LogP contribution in [-0.4, -0.2) is 12.7 Å². The van der Waals surface area contributed by atoms with Crippen molar-refractivity contribution in [1.29, 1.82) is 0 Å². The number of rotatable bonds is 4. The molecule has 0 aliphatic carbocycles. The lowest BCUT2D eigenvalue weighted by Crippen LogP contribution is -2.22. The van der Waals surface area contributed by atoms with Gasteiger partial charge in [0.15, 0.2) is 0 Å². The molecule has 1 fully saturated rings. The zero-order valence-electron chi connectivity index (χ0n) is 11.8. The molecule has 0 radical (unpaired) electrons. The molecule has 0 aromatic heterocycles. The van der Waals surface area contributed by atoms with Gasteiger partial charge in [-0.3, -0.25) is 0 Å². The van der Waals surface area contributed by atoms with Gasteiger partial charge in [-0.05, 0) is 42.9 Å². The van der Waals surface area contributed by atoms with Crippen LogP contribution in [0.5, 0.6) is 0 Å². The van der Waals surface area contributed by atoms with Crippen molar-refractivity contribution in [3.05, 3.63) is 34.9 Å². The summed E-state index contributed by atoms with van der Waals surface area (Å²) in [5, 5.41) is 0. The summed E-state index contributed by atoms with van der Waals surface area (Å²) >= 11 is 0. The van der Waals surface area contributed by atoms with Crippen LogP contribution in [0.25, 0.3) is 0 Å². The van der Waals surface area contributed by atoms with Gasteiger partial charge in [-0.1, -0.05) is 32.0 Å². The second kappa shape index (κ2) is 5.85. The van der Waals surface area contributed by atoms with E-state index >= 15 is 0 Å². The molecule has 2 rings (SSSR count). The fourth-order valence-corrected chi connectivity index (χ4v) is 2.90. The third-order valence-electron chi connectivity index (χ3n) is 4.11. The minimum atomic E-state index is 0.117. The van der Waals surface area contributed by atoms with Gasteiger partial charge < -0.3 is 10.5 Å². The van der Waals surface area contributed by atoms with Crippen molar-refractivity contribution in [1.82, 2.24) is 0 Å². The van der Waals surface area contributed by atoms with Gasteiger partial charge in [0.25, 0.3) is 0 Å². The van der Waals surface area contributed by atoms with Gasteiger partial charge in [0.2, 0.25) is 0 Å². The van der Waals surface area contributed by atoms with Crippen LogP contribution < -0.4 is 5.73 Å². The van der Waals surface area contributed by atoms with Gasteiger partial charge in [0.05, 0.1) is 12.7 Å². The highest BCUT2D eigenvalue weighted by Crippen LogP contribution is 2.30. The highest BCUT2D eigenvalue weighted by Gasteiger charge is 2.28. The van der Waals surface area contributed by atoms with E-state index in [9.17, 15) is 0 Å². The van der Waals surface area contributed by atoms with Crippen LogP contribution in [0.4, 0.5) is 0 Å². The summed E-state index contributed by atoms with van der Waals surface area (Å²) < 4.78 is 5.63. The molecule has 2 nitrogen and oxygen atoms in total. The SMILES string of the molecule is CCc1ccc(C(N)C2COC(C)C2)cc1CC. The van der Waals surface area contributed by atoms with Gasteiger partial charge in [0, 0.05) is 12.0 Å². The lowest BCUT2D eigenvalue weighted by Gasteiger charge is -2.20. The Labute approximate surface area is 111 Å². The maximum atomic E-state index is 6.40. The molecule has 2 N–H and O–H groups in total. The van der Waals surface area contributed by atoms with E-state index in [-0.39, 0.29) is 6.04 Å². The fourth-order valence-electron chi connectivity index (χ4n) is 2.90. The summed E-state index contributed by atoms with van der Waals surface area (Å²) in [6, 6.07) is 6.86. The molecule has 0 bridgehead atoms. The lowest BCUT2D eigenvalue weighted by molar-refractivity contribution is 0.118. The van der Waals surface area contributed by atoms with E-state index in [1.165, 1.54) is 16.7 Å². The monoisotopic (exact) mass is 247 g/mol. The van der Waals surface area contributed by atoms with Gasteiger partial charge in [-0.25, -0.2) is 0 Å². The van der Waals surface area contributed by atoms with Gasteiger partial charge in [-0.2, -0.15) is 0 Å². The predicted molar refractivity (Wildman–Crippen MR) is 75.6 cm³/mol. The molecular formula is C16H25NO. The summed E-state index contributed by atoms with van der Waals surface area (Å²) in [5.41, 5.74) is 10.6. The summed E-state index contributed by atoms with van der Waals surface area (Å²) in [5.74, 6) is 0.470. The number of hydrogen-bond donors (Lipinski definition) is 1. The Morgan fingerprint density at radius 1 is 1.28 bits per heavy atom. The quantitative estimate of drug-likeness (QED) is 0.886. The van der Waals surface area contributed by atoms with E-state index < -0.39 is 0 Å². The average Bonchev–Trinajstić information content (AvgIpc) is 2.83. The van der Waals surface area contributed by atoms with Crippen LogP contribution in [0.3, 0.4) is 0 Å². The second-order valence-electron chi connectivity index (χ2n) is 5.40. The lowest BCUT2D eigenvalue weighted by atomic mass is 9.89. The van der Waals surface area contributed by atoms with Crippen LogP contribution in [0, 0.1) is 5.92 Å². The molecule has 1 aromatic carbocycles. The molecule has 18 heavy (non-hydrogen) atoms. The molecule has 1 aromatic rings. The van der Waals surface area contributed by atoms with Crippen molar-refractivity contribution < 1.29 is 4.74 Å². The maximum absolute atomic E-state index is 6.40. The van der Waals surface area contributed by atoms with Crippen LogP contribution in [0.2, 0.25) is 0 Å². The third kappa shape index (κ3) is 2.76. The number of aryl methyl sites for hydroxylation is 2. The van der Waals surface area contributed by atoms with Crippen LogP contribution in [0.15, 0.2) is 18.2 Å². The van der Waals surface area contributed by atoms with E-state index in [0.29, 0.717) is 12.0 Å². The zero-order chi connectivity index (χ0) is 13.1. The molecule has 3 unspecified atom stereocenters. The molecule has 0 amide bonds. The normalized spacial score (nSPS) is 25.3. The van der Waals surface area contributed by atoms with Gasteiger partial charge in [0.1, 0.15) is 0 Å². The van der Waals surface area contributed by atoms with E-state index in [1.807, 2.05) is 0 Å². The summed E-state index contributed by atoms with van der Waals surface area (Å²) in [6.07, 6.45) is 3.63. The van der Waals surface area contributed by atoms with Crippen molar-refractivity contribution in [2.24, 2.45) is 11.7 Å². The minimum absolute atomic E-state index is 0.117. The van der Waals surface area contributed by atoms with E-state index in [1.54, 1.807) is 0 Å². The van der Waals surface area contributed by atoms with Crippen LogP contribution in [-0.2, 0) is 17.6 Å². The first-order valence-corrected chi connectivity index (χ1v) is 7.14. The topological polar surface area (TPSA) is 35.2 Å². The standard InChI is InChI=1S/C16H25NO/c1-4-12-6-7-14(9-13(12)5-2)16(17)15-8-11(3)18-10-15/h6-7,9,11,15-16H,4-5,8,10,17H2,1-3H3. The summed E-state index contributed by atoms with van der Waals surface area (Å²) in [6.45, 7) is 7.36. The largest absolute Gasteiger partial charge is 0.378 e. The molecule has 2 heteroatoms. The Morgan fingerprint density at radius 3 is 2.56 bits per heavy atom. The molecule has 1 heterocycles. The highest BCUT2D eigenvalue weighted by atomic mass is 16.5. The number of nitrogens with two attached hydrogens (primary N) is 1. The van der Waals surface area contributed by atoms with Gasteiger partial charge in [-0.15, -0.1) is 0 Å². The Balaban J connectivity index is 2.17. The van der Waals surface area contributed by atoms with Crippen molar-refractivity contribution in [2.45, 2.75) is 52.2 Å². The number of hydrogen-bond acceptors (Lipinski definition) is 2. The Bertz CT molecular complexity index is 402. The third-order valence-corrected chi connectivity index (χ3v) is 4.11. The first-order chi connectivity index (χ1) is 8.65. The molecular weight excluding hydrogens is 222 g/mol. The van der Waals surface area contributed by atoms with Crippen LogP contribution >= 0.6 is 0 Å². The first-order valence-electron chi connectivity index (χ1n) is 7.14. The van der Waals surface area contributed by atoms with E-state index in [0.717, 1.165) is 25.9 Å². The Morgan fingerprint density at radius 2 is 2.00 bits per heavy atom. The molecule has 1 aliphatic rings. The smallest absolute Gasteiger partial charge is 0.0551 e. The Kier molecular flexibility index (Phi) is 4.41. The van der Waals surface area contributed by atoms with Gasteiger partial charge >= 0.3 is 0 Å². The number of ether oxygens (including phenoxy) is 1. The summed E-state index contributed by atoms with van der Waals surface area (Å²) in [4.78, 5) is 0. The van der Waals surface area contributed by atoms with Crippen LogP contribution in [0.1, 0.15) is 49.9 Å². The van der Waals surface area contributed by atoms with E-state index in [4.69, 9.17) is 10.5 Å². The second-order valence-corrected chi connectivity index (χ2v) is 5.40. The highest BCUT2D eigenvalue weighted by molar-refractivity contribution is 5.34. The Hall–Kier alpha value is -0.860. The predicted octanol–water partition coefficient (Wildman–Crippen LogP) is 3.24. The molecule has 0 spiro atoms. The minimum Gasteiger partial charge on any atom is -0.378 e. The van der Waals surface area contributed by atoms with Crippen molar-refractivity contribution in [3.8, 4) is 0 Å². The molecule has 3 atom stereocenters.